The first-order valence-electron chi connectivity index (χ1n) is 5.88. The predicted molar refractivity (Wildman–Crippen MR) is 65.1 cm³/mol. The minimum atomic E-state index is -0.469. The van der Waals surface area contributed by atoms with Gasteiger partial charge < -0.3 is 14.9 Å². The first-order chi connectivity index (χ1) is 8.55. The van der Waals surface area contributed by atoms with E-state index in [-0.39, 0.29) is 18.4 Å². The maximum Gasteiger partial charge on any atom is 0.410 e. The number of benzene rings is 1. The van der Waals surface area contributed by atoms with Crippen molar-refractivity contribution in [1.82, 2.24) is 4.90 Å². The molecule has 98 valence electrons. The number of aliphatic hydroxyl groups excluding tert-OH is 1. The van der Waals surface area contributed by atoms with Crippen molar-refractivity contribution in [1.29, 1.82) is 0 Å². The second-order valence-electron chi connectivity index (χ2n) is 4.78. The number of nitrogens with zero attached hydrogens (tertiary/aromatic N) is 1. The monoisotopic (exact) mass is 251 g/mol. The molecular formula is C13H17NO4. The Labute approximate surface area is 106 Å². The lowest BCUT2D eigenvalue weighted by Gasteiger charge is -2.31. The van der Waals surface area contributed by atoms with E-state index in [1.807, 2.05) is 6.92 Å². The van der Waals surface area contributed by atoms with E-state index >= 15 is 0 Å². The molecule has 1 aliphatic rings. The van der Waals surface area contributed by atoms with Gasteiger partial charge in [-0.05, 0) is 31.0 Å². The first kappa shape index (κ1) is 12.7. The van der Waals surface area contributed by atoms with Gasteiger partial charge in [-0.15, -0.1) is 0 Å². The van der Waals surface area contributed by atoms with Crippen LogP contribution in [0.2, 0.25) is 0 Å². The fourth-order valence-corrected chi connectivity index (χ4v) is 2.08. The lowest BCUT2D eigenvalue weighted by molar-refractivity contribution is 0.131. The number of carbonyl (C=O) groups excluding carboxylic acids is 1. The number of phenolic OH excluding ortho intramolecular Hbond substituents is 1. The molecule has 1 aliphatic heterocycles. The van der Waals surface area contributed by atoms with Gasteiger partial charge in [-0.3, -0.25) is 4.90 Å². The lowest BCUT2D eigenvalue weighted by Crippen LogP contribution is -2.44. The SMILES string of the molecule is CC1(CCO)COC(=O)N1Cc1ccc(O)cc1. The third-order valence-corrected chi connectivity index (χ3v) is 3.31. The summed E-state index contributed by atoms with van der Waals surface area (Å²) in [6.07, 6.45) is 0.121. The Bertz CT molecular complexity index is 431. The van der Waals surface area contributed by atoms with E-state index in [4.69, 9.17) is 9.84 Å². The van der Waals surface area contributed by atoms with E-state index in [1.54, 1.807) is 29.2 Å². The normalized spacial score (nSPS) is 23.2. The van der Waals surface area contributed by atoms with Crippen molar-refractivity contribution in [3.63, 3.8) is 0 Å². The molecule has 1 heterocycles. The third-order valence-electron chi connectivity index (χ3n) is 3.31. The summed E-state index contributed by atoms with van der Waals surface area (Å²) in [5.41, 5.74) is 0.444. The molecule has 0 bridgehead atoms. The maximum atomic E-state index is 11.7. The third kappa shape index (κ3) is 2.41. The molecule has 18 heavy (non-hydrogen) atoms. The Hall–Kier alpha value is -1.75. The van der Waals surface area contributed by atoms with Crippen molar-refractivity contribution in [2.45, 2.75) is 25.4 Å². The van der Waals surface area contributed by atoms with E-state index < -0.39 is 5.54 Å². The Kier molecular flexibility index (Phi) is 3.43. The zero-order chi connectivity index (χ0) is 13.2. The van der Waals surface area contributed by atoms with Crippen molar-refractivity contribution in [3.8, 4) is 5.75 Å². The van der Waals surface area contributed by atoms with E-state index in [2.05, 4.69) is 0 Å². The molecule has 2 rings (SSSR count). The molecule has 1 saturated heterocycles. The molecule has 0 radical (unpaired) electrons. The number of hydrogen-bond acceptors (Lipinski definition) is 4. The van der Waals surface area contributed by atoms with Crippen molar-refractivity contribution < 1.29 is 19.7 Å². The number of ether oxygens (including phenoxy) is 1. The Balaban J connectivity index is 2.15. The highest BCUT2D eigenvalue weighted by Crippen LogP contribution is 2.29. The average molecular weight is 251 g/mol. The summed E-state index contributed by atoms with van der Waals surface area (Å²) in [6, 6.07) is 6.70. The number of hydrogen-bond donors (Lipinski definition) is 2. The molecule has 1 unspecified atom stereocenters. The van der Waals surface area contributed by atoms with E-state index in [1.165, 1.54) is 0 Å². The fourth-order valence-electron chi connectivity index (χ4n) is 2.08. The highest BCUT2D eigenvalue weighted by molar-refractivity contribution is 5.71. The van der Waals surface area contributed by atoms with Crippen molar-refractivity contribution in [2.24, 2.45) is 0 Å². The first-order valence-corrected chi connectivity index (χ1v) is 5.88. The van der Waals surface area contributed by atoms with Gasteiger partial charge >= 0.3 is 6.09 Å². The van der Waals surface area contributed by atoms with Crippen LogP contribution in [0.15, 0.2) is 24.3 Å². The molecular weight excluding hydrogens is 234 g/mol. The fraction of sp³-hybridized carbons (Fsp3) is 0.462. The molecule has 5 nitrogen and oxygen atoms in total. The number of aliphatic hydroxyl groups is 1. The Morgan fingerprint density at radius 3 is 2.67 bits per heavy atom. The molecule has 1 aromatic carbocycles. The van der Waals surface area contributed by atoms with Crippen LogP contribution in [-0.2, 0) is 11.3 Å². The quantitative estimate of drug-likeness (QED) is 0.850. The molecule has 2 N–H and O–H groups in total. The molecule has 0 aliphatic carbocycles. The van der Waals surface area contributed by atoms with Crippen LogP contribution in [-0.4, -0.2) is 40.0 Å². The zero-order valence-electron chi connectivity index (χ0n) is 10.3. The van der Waals surface area contributed by atoms with Gasteiger partial charge in [-0.2, -0.15) is 0 Å². The van der Waals surface area contributed by atoms with Crippen LogP contribution < -0.4 is 0 Å². The van der Waals surface area contributed by atoms with Gasteiger partial charge in [-0.25, -0.2) is 4.79 Å². The van der Waals surface area contributed by atoms with Crippen molar-refractivity contribution in [3.05, 3.63) is 29.8 Å². The number of cyclic esters (lactones) is 1. The Morgan fingerprint density at radius 2 is 2.06 bits per heavy atom. The van der Waals surface area contributed by atoms with Gasteiger partial charge in [0.25, 0.3) is 0 Å². The van der Waals surface area contributed by atoms with Gasteiger partial charge in [0.05, 0.1) is 5.54 Å². The van der Waals surface area contributed by atoms with Crippen molar-refractivity contribution in [2.75, 3.05) is 13.2 Å². The lowest BCUT2D eigenvalue weighted by atomic mass is 9.97. The number of rotatable bonds is 4. The van der Waals surface area contributed by atoms with Crippen LogP contribution in [0, 0.1) is 0 Å². The van der Waals surface area contributed by atoms with Crippen LogP contribution in [0.4, 0.5) is 4.79 Å². The largest absolute Gasteiger partial charge is 0.508 e. The summed E-state index contributed by atoms with van der Waals surface area (Å²) in [6.45, 7) is 2.62. The number of amides is 1. The standard InChI is InChI=1S/C13H17NO4/c1-13(6-7-15)9-18-12(17)14(13)8-10-2-4-11(16)5-3-10/h2-5,15-16H,6-9H2,1H3. The van der Waals surface area contributed by atoms with Gasteiger partial charge in [0.1, 0.15) is 12.4 Å². The maximum absolute atomic E-state index is 11.7. The molecule has 0 saturated carbocycles. The molecule has 1 amide bonds. The van der Waals surface area contributed by atoms with E-state index in [9.17, 15) is 9.90 Å². The van der Waals surface area contributed by atoms with Gasteiger partial charge in [0, 0.05) is 13.2 Å². The molecule has 5 heteroatoms. The number of aromatic hydroxyl groups is 1. The molecule has 1 aromatic rings. The van der Waals surface area contributed by atoms with Crippen LogP contribution in [0.25, 0.3) is 0 Å². The summed E-state index contributed by atoms with van der Waals surface area (Å²) >= 11 is 0. The van der Waals surface area contributed by atoms with E-state index in [0.29, 0.717) is 19.6 Å². The summed E-state index contributed by atoms with van der Waals surface area (Å²) in [5.74, 6) is 0.195. The van der Waals surface area contributed by atoms with Crippen LogP contribution in [0.3, 0.4) is 0 Å². The molecule has 0 spiro atoms. The van der Waals surface area contributed by atoms with E-state index in [0.717, 1.165) is 5.56 Å². The molecule has 1 fully saturated rings. The topological polar surface area (TPSA) is 70.0 Å². The summed E-state index contributed by atoms with van der Waals surface area (Å²) in [5, 5.41) is 18.3. The van der Waals surface area contributed by atoms with Gasteiger partial charge in [0.15, 0.2) is 0 Å². The summed E-state index contributed by atoms with van der Waals surface area (Å²) in [4.78, 5) is 13.3. The second kappa shape index (κ2) is 4.86. The highest BCUT2D eigenvalue weighted by Gasteiger charge is 2.42. The summed E-state index contributed by atoms with van der Waals surface area (Å²) < 4.78 is 5.06. The summed E-state index contributed by atoms with van der Waals surface area (Å²) in [7, 11) is 0. The van der Waals surface area contributed by atoms with Crippen molar-refractivity contribution >= 4 is 6.09 Å². The zero-order valence-corrected chi connectivity index (χ0v) is 10.3. The number of carbonyl (C=O) groups is 1. The van der Waals surface area contributed by atoms with Crippen LogP contribution in [0.1, 0.15) is 18.9 Å². The predicted octanol–water partition coefficient (Wildman–Crippen LogP) is 1.49. The Morgan fingerprint density at radius 1 is 1.39 bits per heavy atom. The number of phenols is 1. The second-order valence-corrected chi connectivity index (χ2v) is 4.78. The molecule has 0 aromatic heterocycles. The smallest absolute Gasteiger partial charge is 0.410 e. The van der Waals surface area contributed by atoms with Crippen LogP contribution >= 0.6 is 0 Å². The minimum Gasteiger partial charge on any atom is -0.508 e. The highest BCUT2D eigenvalue weighted by atomic mass is 16.6. The van der Waals surface area contributed by atoms with Crippen LogP contribution in [0.5, 0.6) is 5.75 Å². The van der Waals surface area contributed by atoms with Gasteiger partial charge in [-0.1, -0.05) is 12.1 Å². The van der Waals surface area contributed by atoms with Gasteiger partial charge in [0.2, 0.25) is 0 Å². The average Bonchev–Trinajstić information content (AvgIpc) is 2.61. The minimum absolute atomic E-state index is 0.0131. The molecule has 1 atom stereocenters.